The Balaban J connectivity index is 5.36. The van der Waals surface area contributed by atoms with Gasteiger partial charge in [-0.1, -0.05) is 12.2 Å². The minimum Gasteiger partial charge on any atom is -0.324 e. The van der Waals surface area contributed by atoms with Crippen molar-refractivity contribution in [3.05, 3.63) is 12.2 Å². The maximum atomic E-state index is 11.0. The summed E-state index contributed by atoms with van der Waals surface area (Å²) in [5.74, 6) is 0. The van der Waals surface area contributed by atoms with Gasteiger partial charge in [-0.05, 0) is 6.92 Å². The van der Waals surface area contributed by atoms with Crippen LogP contribution < -0.4 is 0 Å². The van der Waals surface area contributed by atoms with Crippen molar-refractivity contribution in [2.45, 2.75) is 11.8 Å². The molecule has 0 atom stereocenters. The zero-order chi connectivity index (χ0) is 14.1. The maximum absolute atomic E-state index is 11.0. The van der Waals surface area contributed by atoms with Crippen molar-refractivity contribution >= 4 is 22.8 Å². The third-order valence-corrected chi connectivity index (χ3v) is 6.86. The largest absolute Gasteiger partial charge is 0.347 e. The first-order valence-electron chi connectivity index (χ1n) is 4.04. The molecule has 0 fully saturated rings. The number of hydrogen-bond donors (Lipinski definition) is 6. The highest BCUT2D eigenvalue weighted by atomic mass is 31.2. The molecule has 0 aromatic heterocycles. The minimum absolute atomic E-state index is 0.438. The first-order chi connectivity index (χ1) is 7.21. The molecule has 0 saturated carbocycles. The SMILES string of the molecule is CC(/C=C/CP(=O)(O)O)(P(=O)(O)O)P(=O)(O)O. The van der Waals surface area contributed by atoms with E-state index < -0.39 is 33.8 Å². The topological polar surface area (TPSA) is 173 Å². The van der Waals surface area contributed by atoms with Gasteiger partial charge in [0.05, 0.1) is 6.16 Å². The molecule has 0 heterocycles. The molecule has 0 amide bonds. The average Bonchev–Trinajstić information content (AvgIpc) is 1.96. The van der Waals surface area contributed by atoms with E-state index in [-0.39, 0.29) is 0 Å². The van der Waals surface area contributed by atoms with Crippen molar-refractivity contribution in [3.8, 4) is 0 Å². The van der Waals surface area contributed by atoms with Gasteiger partial charge in [0.1, 0.15) is 0 Å². The molecule has 0 radical (unpaired) electrons. The molecule has 0 aromatic carbocycles. The maximum Gasteiger partial charge on any atom is 0.347 e. The van der Waals surface area contributed by atoms with Gasteiger partial charge in [-0.3, -0.25) is 13.7 Å². The van der Waals surface area contributed by atoms with Gasteiger partial charge >= 0.3 is 22.8 Å². The van der Waals surface area contributed by atoms with E-state index in [4.69, 9.17) is 29.4 Å². The van der Waals surface area contributed by atoms with Crippen molar-refractivity contribution in [2.24, 2.45) is 0 Å². The molecule has 9 nitrogen and oxygen atoms in total. The van der Waals surface area contributed by atoms with Gasteiger partial charge < -0.3 is 29.4 Å². The Morgan fingerprint density at radius 3 is 1.53 bits per heavy atom. The van der Waals surface area contributed by atoms with Crippen molar-refractivity contribution in [1.29, 1.82) is 0 Å². The molecule has 0 aliphatic rings. The van der Waals surface area contributed by atoms with Gasteiger partial charge in [0.25, 0.3) is 0 Å². The molecule has 0 aliphatic carbocycles. The van der Waals surface area contributed by atoms with Crippen LogP contribution in [-0.4, -0.2) is 40.4 Å². The summed E-state index contributed by atoms with van der Waals surface area (Å²) in [6.45, 7) is 0.616. The van der Waals surface area contributed by atoms with E-state index in [9.17, 15) is 13.7 Å². The van der Waals surface area contributed by atoms with Crippen LogP contribution in [0, 0.1) is 0 Å². The van der Waals surface area contributed by atoms with Crippen molar-refractivity contribution < 1.29 is 43.1 Å². The van der Waals surface area contributed by atoms with Crippen LogP contribution in [0.2, 0.25) is 0 Å². The van der Waals surface area contributed by atoms with E-state index in [1.165, 1.54) is 0 Å². The van der Waals surface area contributed by atoms with Gasteiger partial charge in [0.15, 0.2) is 4.90 Å². The Hall–Kier alpha value is 0.190. The molecule has 17 heavy (non-hydrogen) atoms. The van der Waals surface area contributed by atoms with E-state index in [2.05, 4.69) is 0 Å². The van der Waals surface area contributed by atoms with Gasteiger partial charge in [-0.15, -0.1) is 0 Å². The molecule has 0 aliphatic heterocycles. The molecule has 0 bridgehead atoms. The van der Waals surface area contributed by atoms with Crippen LogP contribution in [0.15, 0.2) is 12.2 Å². The Morgan fingerprint density at radius 2 is 1.29 bits per heavy atom. The van der Waals surface area contributed by atoms with Crippen molar-refractivity contribution in [2.75, 3.05) is 6.16 Å². The van der Waals surface area contributed by atoms with Gasteiger partial charge in [-0.2, -0.15) is 0 Å². The number of rotatable bonds is 5. The normalized spacial score (nSPS) is 15.5. The molecule has 0 spiro atoms. The van der Waals surface area contributed by atoms with E-state index in [0.717, 1.165) is 0 Å². The molecule has 6 N–H and O–H groups in total. The van der Waals surface area contributed by atoms with Crippen LogP contribution in [0.25, 0.3) is 0 Å². The van der Waals surface area contributed by atoms with E-state index in [1.54, 1.807) is 0 Å². The fourth-order valence-corrected chi connectivity index (χ4v) is 3.11. The third-order valence-electron chi connectivity index (χ3n) is 1.96. The average molecular weight is 310 g/mol. The first kappa shape index (κ1) is 17.2. The van der Waals surface area contributed by atoms with Crippen molar-refractivity contribution in [1.82, 2.24) is 0 Å². The Labute approximate surface area is 96.7 Å². The minimum atomic E-state index is -5.19. The van der Waals surface area contributed by atoms with E-state index in [1.807, 2.05) is 0 Å². The summed E-state index contributed by atoms with van der Waals surface area (Å²) in [6.07, 6.45) is 0.204. The van der Waals surface area contributed by atoms with Crippen LogP contribution in [0.5, 0.6) is 0 Å². The molecular weight excluding hydrogens is 297 g/mol. The Kier molecular flexibility index (Phi) is 5.11. The predicted molar refractivity (Wildman–Crippen MR) is 58.5 cm³/mol. The Bertz CT molecular complexity index is 414. The molecule has 0 rings (SSSR count). The molecule has 102 valence electrons. The van der Waals surface area contributed by atoms with Crippen LogP contribution in [0.1, 0.15) is 6.92 Å². The molecule has 0 unspecified atom stereocenters. The van der Waals surface area contributed by atoms with E-state index >= 15 is 0 Å². The van der Waals surface area contributed by atoms with Crippen molar-refractivity contribution in [3.63, 3.8) is 0 Å². The highest BCUT2D eigenvalue weighted by Gasteiger charge is 2.54. The summed E-state index contributed by atoms with van der Waals surface area (Å²) in [7, 11) is -14.8. The fraction of sp³-hybridized carbons (Fsp3) is 0.600. The summed E-state index contributed by atoms with van der Waals surface area (Å²) in [5, 5.41) is 0. The summed E-state index contributed by atoms with van der Waals surface area (Å²) < 4.78 is 32.5. The highest BCUT2D eigenvalue weighted by Crippen LogP contribution is 2.69. The summed E-state index contributed by atoms with van der Waals surface area (Å²) >= 11 is 0. The second-order valence-electron chi connectivity index (χ2n) is 3.43. The van der Waals surface area contributed by atoms with Gasteiger partial charge in [0.2, 0.25) is 0 Å². The fourth-order valence-electron chi connectivity index (χ4n) is 0.777. The molecule has 0 aromatic rings. The van der Waals surface area contributed by atoms with Crippen LogP contribution in [0.4, 0.5) is 0 Å². The molecule has 0 saturated heterocycles. The lowest BCUT2D eigenvalue weighted by Gasteiger charge is -2.27. The lowest BCUT2D eigenvalue weighted by molar-refractivity contribution is 0.326. The van der Waals surface area contributed by atoms with E-state index in [0.29, 0.717) is 19.1 Å². The van der Waals surface area contributed by atoms with Crippen LogP contribution >= 0.6 is 22.8 Å². The molecule has 12 heteroatoms. The summed E-state index contributed by atoms with van der Waals surface area (Å²) in [4.78, 5) is 49.7. The standard InChI is InChI=1S/C5H13O9P3/c1-5(16(9,10)11,17(12,13)14)3-2-4-15(6,7)8/h2-3H,4H2,1H3,(H2,6,7,8)(H2,9,10,11)(H2,12,13,14)/b3-2+. The lowest BCUT2D eigenvalue weighted by atomic mass is 10.4. The van der Waals surface area contributed by atoms with Crippen LogP contribution in [-0.2, 0) is 13.7 Å². The zero-order valence-corrected chi connectivity index (χ0v) is 11.3. The number of allylic oxidation sites excluding steroid dienone is 2. The third kappa shape index (κ3) is 4.75. The summed E-state index contributed by atoms with van der Waals surface area (Å²) in [6, 6.07) is 0. The second-order valence-corrected chi connectivity index (χ2v) is 9.51. The van der Waals surface area contributed by atoms with Gasteiger partial charge in [0, 0.05) is 0 Å². The Morgan fingerprint density at radius 1 is 0.941 bits per heavy atom. The van der Waals surface area contributed by atoms with Gasteiger partial charge in [-0.25, -0.2) is 0 Å². The predicted octanol–water partition coefficient (Wildman–Crippen LogP) is -0.208. The lowest BCUT2D eigenvalue weighted by Crippen LogP contribution is -2.22. The quantitative estimate of drug-likeness (QED) is 0.296. The summed E-state index contributed by atoms with van der Waals surface area (Å²) in [5.41, 5.74) is 0. The first-order valence-corrected chi connectivity index (χ1v) is 9.06. The molecular formula is C5H13O9P3. The second kappa shape index (κ2) is 5.05. The smallest absolute Gasteiger partial charge is 0.324 e. The highest BCUT2D eigenvalue weighted by molar-refractivity contribution is 7.72. The monoisotopic (exact) mass is 310 g/mol. The van der Waals surface area contributed by atoms with Crippen LogP contribution in [0.3, 0.4) is 0 Å². The number of hydrogen-bond acceptors (Lipinski definition) is 3. The zero-order valence-electron chi connectivity index (χ0n) is 8.61.